The molecule has 0 unspecified atom stereocenters. The molecule has 0 bridgehead atoms. The van der Waals surface area contributed by atoms with E-state index in [4.69, 9.17) is 4.98 Å². The van der Waals surface area contributed by atoms with Crippen LogP contribution in [0.3, 0.4) is 0 Å². The Morgan fingerprint density at radius 3 is 2.47 bits per heavy atom. The fraction of sp³-hybridized carbons (Fsp3) is 0.364. The van der Waals surface area contributed by atoms with Crippen molar-refractivity contribution in [2.24, 2.45) is 13.0 Å². The van der Waals surface area contributed by atoms with Crippen LogP contribution in [-0.4, -0.2) is 109 Å². The van der Waals surface area contributed by atoms with Gasteiger partial charge in [-0.2, -0.15) is 10.2 Å². The average molecular weight is 638 g/mol. The molecule has 5 aromatic rings. The molecule has 13 nitrogen and oxygen atoms in total. The van der Waals surface area contributed by atoms with Crippen molar-refractivity contribution in [2.45, 2.75) is 13.3 Å². The van der Waals surface area contributed by atoms with Gasteiger partial charge in [-0.1, -0.05) is 0 Å². The normalized spacial score (nSPS) is 17.0. The smallest absolute Gasteiger partial charge is 0.236 e. The number of rotatable bonds is 8. The summed E-state index contributed by atoms with van der Waals surface area (Å²) in [5.74, 6) is 1.57. The molecule has 2 fully saturated rings. The molecule has 2 aliphatic rings. The van der Waals surface area contributed by atoms with Crippen LogP contribution >= 0.6 is 0 Å². The molecule has 242 valence electrons. The van der Waals surface area contributed by atoms with E-state index in [1.54, 1.807) is 34.2 Å². The van der Waals surface area contributed by atoms with E-state index in [9.17, 15) is 14.0 Å². The number of nitrogens with zero attached hydrogens (tertiary/aromatic N) is 10. The largest absolute Gasteiger partial charge is 0.353 e. The van der Waals surface area contributed by atoms with E-state index in [0.717, 1.165) is 22.5 Å². The zero-order valence-corrected chi connectivity index (χ0v) is 26.4. The minimum Gasteiger partial charge on any atom is -0.353 e. The Hall–Kier alpha value is -5.24. The van der Waals surface area contributed by atoms with Gasteiger partial charge in [0, 0.05) is 63.6 Å². The van der Waals surface area contributed by atoms with Gasteiger partial charge < -0.3 is 9.80 Å². The summed E-state index contributed by atoms with van der Waals surface area (Å²) in [5.41, 5.74) is 3.55. The lowest BCUT2D eigenvalue weighted by Crippen LogP contribution is -2.51. The minimum absolute atomic E-state index is 0.00733. The summed E-state index contributed by atoms with van der Waals surface area (Å²) >= 11 is 0. The minimum atomic E-state index is -0.324. The molecule has 47 heavy (non-hydrogen) atoms. The van der Waals surface area contributed by atoms with Crippen molar-refractivity contribution in [2.75, 3.05) is 62.2 Å². The second-order valence-electron chi connectivity index (χ2n) is 12.0. The number of nitrogens with one attached hydrogen (secondary N) is 1. The van der Waals surface area contributed by atoms with E-state index in [1.807, 2.05) is 43.1 Å². The summed E-state index contributed by atoms with van der Waals surface area (Å²) in [5, 5.41) is 11.7. The predicted molar refractivity (Wildman–Crippen MR) is 175 cm³/mol. The number of benzene rings is 1. The summed E-state index contributed by atoms with van der Waals surface area (Å²) in [6, 6.07) is 13.7. The molecule has 14 heteroatoms. The highest BCUT2D eigenvalue weighted by Gasteiger charge is 2.34. The molecule has 2 aliphatic heterocycles. The van der Waals surface area contributed by atoms with Crippen molar-refractivity contribution in [1.29, 1.82) is 0 Å². The van der Waals surface area contributed by atoms with Crippen LogP contribution in [0.4, 0.5) is 16.0 Å². The fourth-order valence-corrected chi connectivity index (χ4v) is 6.33. The third-order valence-corrected chi connectivity index (χ3v) is 8.91. The van der Waals surface area contributed by atoms with E-state index >= 15 is 0 Å². The molecule has 4 aromatic heterocycles. The lowest BCUT2D eigenvalue weighted by molar-refractivity contribution is -0.132. The van der Waals surface area contributed by atoms with Gasteiger partial charge in [0.25, 0.3) is 0 Å². The molecule has 0 radical (unpaired) electrons. The standard InChI is InChI=1S/C33H36FN11O2/c1-3-45(28-11-9-26-31(37-28)30(39-38-26)22-4-7-25(34)8-5-22)33(47)24-12-13-42(19-24)20-29(46)44-16-14-43(15-17-44)27-10-6-23(18-35-27)32-36-21-41(2)40-32/h4-11,18,21,24H,3,12-17,19-20H2,1-2H3,(H,38,39)/t24-/m1/s1. The van der Waals surface area contributed by atoms with Gasteiger partial charge in [0.2, 0.25) is 11.8 Å². The second kappa shape index (κ2) is 12.9. The molecule has 7 rings (SSSR count). The van der Waals surface area contributed by atoms with E-state index < -0.39 is 0 Å². The topological polar surface area (TPSA) is 132 Å². The van der Waals surface area contributed by atoms with Crippen molar-refractivity contribution in [1.82, 2.24) is 44.7 Å². The van der Waals surface area contributed by atoms with Crippen LogP contribution < -0.4 is 9.80 Å². The second-order valence-corrected chi connectivity index (χ2v) is 12.0. The molecule has 1 N–H and O–H groups in total. The highest BCUT2D eigenvalue weighted by molar-refractivity contribution is 5.97. The van der Waals surface area contributed by atoms with E-state index in [0.29, 0.717) is 81.6 Å². The lowest BCUT2D eigenvalue weighted by atomic mass is 10.1. The molecular weight excluding hydrogens is 601 g/mol. The van der Waals surface area contributed by atoms with Gasteiger partial charge in [-0.15, -0.1) is 0 Å². The molecule has 6 heterocycles. The van der Waals surface area contributed by atoms with Gasteiger partial charge in [0.15, 0.2) is 5.82 Å². The highest BCUT2D eigenvalue weighted by Crippen LogP contribution is 2.29. The molecule has 0 saturated carbocycles. The Balaban J connectivity index is 0.934. The number of hydrogen-bond donors (Lipinski definition) is 1. The van der Waals surface area contributed by atoms with Gasteiger partial charge in [0.1, 0.15) is 35.0 Å². The Morgan fingerprint density at radius 1 is 0.979 bits per heavy atom. The molecule has 2 amide bonds. The first-order valence-corrected chi connectivity index (χ1v) is 15.9. The molecule has 1 aromatic carbocycles. The number of halogens is 1. The molecular formula is C33H36FN11O2. The van der Waals surface area contributed by atoms with Crippen molar-refractivity contribution >= 4 is 34.5 Å². The predicted octanol–water partition coefficient (Wildman–Crippen LogP) is 2.98. The number of fused-ring (bicyclic) bond motifs is 1. The first kappa shape index (κ1) is 30.4. The SMILES string of the molecule is CCN(C(=O)[C@@H]1CCN(CC(=O)N2CCN(c3ccc(-c4ncn(C)n4)cn3)CC2)C1)c1ccc2[nH]nc(-c3ccc(F)cc3)c2n1. The van der Waals surface area contributed by atoms with E-state index in [2.05, 4.69) is 35.1 Å². The number of likely N-dealkylation sites (tertiary alicyclic amines) is 1. The number of carbonyl (C=O) groups is 2. The Labute approximate surface area is 271 Å². The van der Waals surface area contributed by atoms with Crippen LogP contribution in [0.15, 0.2) is 61.1 Å². The number of piperazine rings is 1. The first-order chi connectivity index (χ1) is 22.9. The van der Waals surface area contributed by atoms with Crippen LogP contribution in [0.2, 0.25) is 0 Å². The number of amides is 2. The van der Waals surface area contributed by atoms with E-state index in [1.165, 1.54) is 12.1 Å². The number of carbonyl (C=O) groups excluding carboxylic acids is 2. The molecule has 0 aliphatic carbocycles. The van der Waals surface area contributed by atoms with Crippen molar-refractivity contribution in [3.8, 4) is 22.6 Å². The van der Waals surface area contributed by atoms with Crippen LogP contribution in [0, 0.1) is 11.7 Å². The van der Waals surface area contributed by atoms with Gasteiger partial charge in [-0.05, 0) is 68.4 Å². The molecule has 1 atom stereocenters. The van der Waals surface area contributed by atoms with Crippen LogP contribution in [0.5, 0.6) is 0 Å². The fourth-order valence-electron chi connectivity index (χ4n) is 6.33. The summed E-state index contributed by atoms with van der Waals surface area (Å²) in [6.45, 7) is 6.52. The quantitative estimate of drug-likeness (QED) is 0.273. The number of hydrogen-bond acceptors (Lipinski definition) is 9. The number of aryl methyl sites for hydroxylation is 1. The maximum atomic E-state index is 13.7. The van der Waals surface area contributed by atoms with Gasteiger partial charge >= 0.3 is 0 Å². The van der Waals surface area contributed by atoms with Gasteiger partial charge in [-0.3, -0.25) is 29.2 Å². The molecule has 2 saturated heterocycles. The van der Waals surface area contributed by atoms with Crippen LogP contribution in [0.1, 0.15) is 13.3 Å². The monoisotopic (exact) mass is 637 g/mol. The average Bonchev–Trinajstić information content (AvgIpc) is 3.86. The van der Waals surface area contributed by atoms with Crippen LogP contribution in [0.25, 0.3) is 33.7 Å². The van der Waals surface area contributed by atoms with Crippen molar-refractivity contribution in [3.63, 3.8) is 0 Å². The van der Waals surface area contributed by atoms with Gasteiger partial charge in [0.05, 0.1) is 18.0 Å². The summed E-state index contributed by atoms with van der Waals surface area (Å²) in [4.78, 5) is 48.5. The maximum Gasteiger partial charge on any atom is 0.236 e. The zero-order valence-electron chi connectivity index (χ0n) is 26.4. The summed E-state index contributed by atoms with van der Waals surface area (Å²) in [6.07, 6.45) is 4.12. The number of anilines is 2. The number of aromatic nitrogens is 7. The Bertz CT molecular complexity index is 1880. The van der Waals surface area contributed by atoms with Crippen molar-refractivity contribution in [3.05, 3.63) is 66.9 Å². The lowest BCUT2D eigenvalue weighted by Gasteiger charge is -2.36. The number of pyridine rings is 2. The maximum absolute atomic E-state index is 13.7. The van der Waals surface area contributed by atoms with Crippen LogP contribution in [-0.2, 0) is 16.6 Å². The first-order valence-electron chi connectivity index (χ1n) is 15.9. The molecule has 0 spiro atoms. The van der Waals surface area contributed by atoms with Gasteiger partial charge in [-0.25, -0.2) is 19.3 Å². The Morgan fingerprint density at radius 2 is 1.77 bits per heavy atom. The van der Waals surface area contributed by atoms with Crippen molar-refractivity contribution < 1.29 is 14.0 Å². The number of aromatic amines is 1. The summed E-state index contributed by atoms with van der Waals surface area (Å²) < 4.78 is 15.2. The number of H-pyrrole nitrogens is 1. The highest BCUT2D eigenvalue weighted by atomic mass is 19.1. The third-order valence-electron chi connectivity index (χ3n) is 8.91. The van der Waals surface area contributed by atoms with E-state index in [-0.39, 0.29) is 23.5 Å². The summed E-state index contributed by atoms with van der Waals surface area (Å²) in [7, 11) is 1.83. The third kappa shape index (κ3) is 6.28. The zero-order chi connectivity index (χ0) is 32.5. The Kier molecular flexibility index (Phi) is 8.33.